The van der Waals surface area contributed by atoms with Crippen molar-refractivity contribution in [3.63, 3.8) is 0 Å². The van der Waals surface area contributed by atoms with Crippen LogP contribution >= 0.6 is 23.2 Å². The molecule has 2 nitrogen and oxygen atoms in total. The maximum Gasteiger partial charge on any atom is 0.125 e. The molecule has 1 heterocycles. The highest BCUT2D eigenvalue weighted by atomic mass is 35.5. The van der Waals surface area contributed by atoms with Crippen molar-refractivity contribution in [2.75, 3.05) is 5.32 Å². The van der Waals surface area contributed by atoms with E-state index in [9.17, 15) is 0 Å². The third-order valence-electron chi connectivity index (χ3n) is 2.34. The van der Waals surface area contributed by atoms with Gasteiger partial charge in [0.2, 0.25) is 0 Å². The Hall–Kier alpha value is -1.12. The Bertz CT molecular complexity index is 494. The van der Waals surface area contributed by atoms with Gasteiger partial charge < -0.3 is 9.73 Å². The smallest absolute Gasteiger partial charge is 0.125 e. The summed E-state index contributed by atoms with van der Waals surface area (Å²) in [5, 5.41) is 4.32. The molecular formula is C12H11Cl2NO. The standard InChI is InChI=1S/C12H11Cl2NO/c1-8-4-5-16-12(8)7-15-9-2-3-10(13)11(14)6-9/h2-6,15H,7H2,1H3. The first kappa shape index (κ1) is 11.4. The van der Waals surface area contributed by atoms with Crippen LogP contribution in [-0.4, -0.2) is 0 Å². The summed E-state index contributed by atoms with van der Waals surface area (Å²) in [5.41, 5.74) is 2.05. The molecule has 0 bridgehead atoms. The lowest BCUT2D eigenvalue weighted by atomic mass is 10.2. The molecule has 0 aliphatic heterocycles. The summed E-state index contributed by atoms with van der Waals surface area (Å²) in [6.45, 7) is 2.64. The largest absolute Gasteiger partial charge is 0.467 e. The predicted octanol–water partition coefficient (Wildman–Crippen LogP) is 4.51. The molecule has 4 heteroatoms. The van der Waals surface area contributed by atoms with Crippen LogP contribution in [0.2, 0.25) is 10.0 Å². The van der Waals surface area contributed by atoms with E-state index in [4.69, 9.17) is 27.6 Å². The first-order valence-corrected chi connectivity index (χ1v) is 5.64. The maximum absolute atomic E-state index is 5.91. The van der Waals surface area contributed by atoms with Crippen LogP contribution in [-0.2, 0) is 6.54 Å². The molecule has 0 saturated heterocycles. The summed E-state index contributed by atoms with van der Waals surface area (Å²) in [6, 6.07) is 7.38. The lowest BCUT2D eigenvalue weighted by Crippen LogP contribution is -1.99. The number of anilines is 1. The Kier molecular flexibility index (Phi) is 3.42. The average Bonchev–Trinajstić information content (AvgIpc) is 2.66. The summed E-state index contributed by atoms with van der Waals surface area (Å²) in [7, 11) is 0. The highest BCUT2D eigenvalue weighted by molar-refractivity contribution is 6.42. The molecule has 1 N–H and O–H groups in total. The Morgan fingerprint density at radius 2 is 2.00 bits per heavy atom. The van der Waals surface area contributed by atoms with Gasteiger partial charge in [0.25, 0.3) is 0 Å². The van der Waals surface area contributed by atoms with E-state index < -0.39 is 0 Å². The average molecular weight is 256 g/mol. The molecular weight excluding hydrogens is 245 g/mol. The molecule has 2 aromatic rings. The SMILES string of the molecule is Cc1ccoc1CNc1ccc(Cl)c(Cl)c1. The number of nitrogens with one attached hydrogen (secondary N) is 1. The number of hydrogen-bond donors (Lipinski definition) is 1. The first-order chi connectivity index (χ1) is 7.66. The van der Waals surface area contributed by atoms with Crippen LogP contribution in [0.15, 0.2) is 34.9 Å². The second-order valence-electron chi connectivity index (χ2n) is 3.51. The number of hydrogen-bond acceptors (Lipinski definition) is 2. The van der Waals surface area contributed by atoms with Crippen LogP contribution < -0.4 is 5.32 Å². The van der Waals surface area contributed by atoms with Crippen molar-refractivity contribution in [3.8, 4) is 0 Å². The highest BCUT2D eigenvalue weighted by Gasteiger charge is 2.03. The fourth-order valence-corrected chi connectivity index (χ4v) is 1.67. The molecule has 1 aromatic heterocycles. The van der Waals surface area contributed by atoms with Gasteiger partial charge in [-0.25, -0.2) is 0 Å². The van der Waals surface area contributed by atoms with Gasteiger partial charge in [-0.3, -0.25) is 0 Å². The second-order valence-corrected chi connectivity index (χ2v) is 4.32. The molecule has 84 valence electrons. The zero-order valence-corrected chi connectivity index (χ0v) is 10.3. The molecule has 0 aliphatic rings. The van der Waals surface area contributed by atoms with Crippen LogP contribution in [0.25, 0.3) is 0 Å². The summed E-state index contributed by atoms with van der Waals surface area (Å²) in [5.74, 6) is 0.922. The van der Waals surface area contributed by atoms with Crippen molar-refractivity contribution in [1.29, 1.82) is 0 Å². The number of benzene rings is 1. The van der Waals surface area contributed by atoms with E-state index in [2.05, 4.69) is 5.32 Å². The minimum atomic E-state index is 0.544. The van der Waals surface area contributed by atoms with Gasteiger partial charge in [0.1, 0.15) is 5.76 Å². The third-order valence-corrected chi connectivity index (χ3v) is 3.08. The summed E-state index contributed by atoms with van der Waals surface area (Å²) >= 11 is 11.7. The van der Waals surface area contributed by atoms with E-state index in [0.29, 0.717) is 16.6 Å². The second kappa shape index (κ2) is 4.81. The van der Waals surface area contributed by atoms with Gasteiger partial charge in [0, 0.05) is 5.69 Å². The van der Waals surface area contributed by atoms with Crippen molar-refractivity contribution in [2.24, 2.45) is 0 Å². The van der Waals surface area contributed by atoms with Crippen molar-refractivity contribution < 1.29 is 4.42 Å². The number of aryl methyl sites for hydroxylation is 1. The van der Waals surface area contributed by atoms with Gasteiger partial charge in [0.15, 0.2) is 0 Å². The van der Waals surface area contributed by atoms with Crippen LogP contribution in [0, 0.1) is 6.92 Å². The molecule has 16 heavy (non-hydrogen) atoms. The summed E-state index contributed by atoms with van der Waals surface area (Å²) < 4.78 is 5.32. The molecule has 0 amide bonds. The minimum Gasteiger partial charge on any atom is -0.467 e. The molecule has 0 spiro atoms. The predicted molar refractivity (Wildman–Crippen MR) is 67.2 cm³/mol. The third kappa shape index (κ3) is 2.52. The van der Waals surface area contributed by atoms with Crippen LogP contribution in [0.1, 0.15) is 11.3 Å². The lowest BCUT2D eigenvalue weighted by Gasteiger charge is -2.06. The first-order valence-electron chi connectivity index (χ1n) is 4.88. The van der Waals surface area contributed by atoms with Gasteiger partial charge in [0.05, 0.1) is 22.9 Å². The minimum absolute atomic E-state index is 0.544. The van der Waals surface area contributed by atoms with Crippen molar-refractivity contribution in [3.05, 3.63) is 51.9 Å². The van der Waals surface area contributed by atoms with Crippen molar-refractivity contribution in [2.45, 2.75) is 13.5 Å². The summed E-state index contributed by atoms with van der Waals surface area (Å²) in [4.78, 5) is 0. The molecule has 0 saturated carbocycles. The summed E-state index contributed by atoms with van der Waals surface area (Å²) in [6.07, 6.45) is 1.68. The fraction of sp³-hybridized carbons (Fsp3) is 0.167. The Labute approximate surface area is 104 Å². The van der Waals surface area contributed by atoms with E-state index in [-0.39, 0.29) is 0 Å². The molecule has 0 unspecified atom stereocenters. The maximum atomic E-state index is 5.91. The molecule has 2 rings (SSSR count). The Balaban J connectivity index is 2.05. The molecule has 0 fully saturated rings. The monoisotopic (exact) mass is 255 g/mol. The van der Waals surface area contributed by atoms with Crippen molar-refractivity contribution in [1.82, 2.24) is 0 Å². The van der Waals surface area contributed by atoms with Gasteiger partial charge in [-0.1, -0.05) is 23.2 Å². The van der Waals surface area contributed by atoms with Crippen LogP contribution in [0.4, 0.5) is 5.69 Å². The highest BCUT2D eigenvalue weighted by Crippen LogP contribution is 2.25. The van der Waals surface area contributed by atoms with Gasteiger partial charge >= 0.3 is 0 Å². The van der Waals surface area contributed by atoms with Gasteiger partial charge in [-0.15, -0.1) is 0 Å². The number of rotatable bonds is 3. The van der Waals surface area contributed by atoms with Crippen LogP contribution in [0.3, 0.4) is 0 Å². The number of halogens is 2. The topological polar surface area (TPSA) is 25.2 Å². The molecule has 0 aliphatic carbocycles. The van der Waals surface area contributed by atoms with E-state index in [1.54, 1.807) is 18.4 Å². The van der Waals surface area contributed by atoms with Gasteiger partial charge in [-0.05, 0) is 36.8 Å². The van der Waals surface area contributed by atoms with Crippen LogP contribution in [0.5, 0.6) is 0 Å². The fourth-order valence-electron chi connectivity index (χ4n) is 1.37. The molecule has 0 atom stereocenters. The molecule has 0 radical (unpaired) electrons. The Morgan fingerprint density at radius 3 is 2.62 bits per heavy atom. The van der Waals surface area contributed by atoms with E-state index in [1.807, 2.05) is 19.1 Å². The zero-order valence-electron chi connectivity index (χ0n) is 8.76. The van der Waals surface area contributed by atoms with Crippen molar-refractivity contribution >= 4 is 28.9 Å². The molecule has 1 aromatic carbocycles. The van der Waals surface area contributed by atoms with Gasteiger partial charge in [-0.2, -0.15) is 0 Å². The number of furan rings is 1. The zero-order chi connectivity index (χ0) is 11.5. The quantitative estimate of drug-likeness (QED) is 0.874. The van der Waals surface area contributed by atoms with E-state index in [0.717, 1.165) is 17.0 Å². The normalized spacial score (nSPS) is 10.4. The Morgan fingerprint density at radius 1 is 1.19 bits per heavy atom. The van der Waals surface area contributed by atoms with E-state index in [1.165, 1.54) is 0 Å². The lowest BCUT2D eigenvalue weighted by molar-refractivity contribution is 0.515. The van der Waals surface area contributed by atoms with E-state index >= 15 is 0 Å².